The van der Waals surface area contributed by atoms with Crippen LogP contribution in [0, 0.1) is 23.2 Å². The number of hydrogen-bond acceptors (Lipinski definition) is 3. The Hall–Kier alpha value is -2.08. The van der Waals surface area contributed by atoms with E-state index >= 15 is 0 Å². The van der Waals surface area contributed by atoms with Crippen LogP contribution in [0.4, 0.5) is 0 Å². The Morgan fingerprint density at radius 1 is 1.24 bits per heavy atom. The van der Waals surface area contributed by atoms with Crippen LogP contribution >= 0.6 is 0 Å². The molecule has 25 heavy (non-hydrogen) atoms. The second kappa shape index (κ2) is 10.7. The highest BCUT2D eigenvalue weighted by Crippen LogP contribution is 2.32. The molecule has 1 aromatic carbocycles. The van der Waals surface area contributed by atoms with Crippen LogP contribution in [0.5, 0.6) is 5.75 Å². The molecule has 2 rings (SSSR count). The van der Waals surface area contributed by atoms with Crippen molar-refractivity contribution in [3.05, 3.63) is 42.0 Å². The lowest BCUT2D eigenvalue weighted by atomic mass is 9.80. The van der Waals surface area contributed by atoms with Crippen molar-refractivity contribution in [2.24, 2.45) is 11.8 Å². The minimum absolute atomic E-state index is 0.0330. The molecule has 134 valence electrons. The van der Waals surface area contributed by atoms with E-state index in [2.05, 4.69) is 19.1 Å². The predicted octanol–water partition coefficient (Wildman–Crippen LogP) is 5.60. The molecule has 1 saturated carbocycles. The number of aryl methyl sites for hydroxylation is 1. The van der Waals surface area contributed by atoms with Crippen molar-refractivity contribution in [1.82, 2.24) is 0 Å². The molecule has 0 atom stereocenters. The molecule has 0 aliphatic heterocycles. The smallest absolute Gasteiger partial charge is 0.314 e. The third-order valence-electron chi connectivity index (χ3n) is 5.07. The van der Waals surface area contributed by atoms with E-state index in [0.29, 0.717) is 11.7 Å². The van der Waals surface area contributed by atoms with Gasteiger partial charge in [0.15, 0.2) is 0 Å². The maximum absolute atomic E-state index is 12.4. The first kappa shape index (κ1) is 19.2. The maximum Gasteiger partial charge on any atom is 0.314 e. The zero-order chi connectivity index (χ0) is 17.9. The second-order valence-electron chi connectivity index (χ2n) is 7.00. The molecule has 0 bridgehead atoms. The lowest BCUT2D eigenvalue weighted by Gasteiger charge is -2.26. The van der Waals surface area contributed by atoms with Crippen LogP contribution in [0.15, 0.2) is 36.4 Å². The second-order valence-corrected chi connectivity index (χ2v) is 7.00. The number of rotatable bonds is 8. The summed E-state index contributed by atoms with van der Waals surface area (Å²) in [6, 6.07) is 9.97. The maximum atomic E-state index is 12.4. The molecular weight excluding hydrogens is 310 g/mol. The Morgan fingerprint density at radius 3 is 2.60 bits per heavy atom. The normalized spacial score (nSPS) is 20.3. The standard InChI is InChI=1S/C22H29NO2/c1-2-3-7-18-11-15-21(16-12-18)25-22(24)20-13-9-19(10-14-20)8-5-4-6-17-23/h4,6,11-12,15-16,19-20H,2-3,5,7-10,13-14H2,1H3. The SMILES string of the molecule is CCCCc1ccc(OC(=O)C2CCC(CCC=CC#N)CC2)cc1. The molecule has 0 saturated heterocycles. The highest BCUT2D eigenvalue weighted by molar-refractivity contribution is 5.75. The van der Waals surface area contributed by atoms with Gasteiger partial charge in [-0.15, -0.1) is 0 Å². The molecule has 0 N–H and O–H groups in total. The number of nitrogens with zero attached hydrogens (tertiary/aromatic N) is 1. The summed E-state index contributed by atoms with van der Waals surface area (Å²) >= 11 is 0. The summed E-state index contributed by atoms with van der Waals surface area (Å²) in [6.07, 6.45) is 13.0. The first-order chi connectivity index (χ1) is 12.2. The topological polar surface area (TPSA) is 50.1 Å². The largest absolute Gasteiger partial charge is 0.426 e. The monoisotopic (exact) mass is 339 g/mol. The van der Waals surface area contributed by atoms with E-state index in [1.807, 2.05) is 24.3 Å². The van der Waals surface area contributed by atoms with Gasteiger partial charge in [-0.2, -0.15) is 5.26 Å². The number of carbonyl (C=O) groups is 1. The van der Waals surface area contributed by atoms with Crippen molar-refractivity contribution in [2.75, 3.05) is 0 Å². The third kappa shape index (κ3) is 6.74. The Balaban J connectivity index is 1.73. The van der Waals surface area contributed by atoms with Crippen molar-refractivity contribution in [1.29, 1.82) is 5.26 Å². The first-order valence-corrected chi connectivity index (χ1v) is 9.58. The molecule has 0 heterocycles. The number of benzene rings is 1. The van der Waals surface area contributed by atoms with Gasteiger partial charge in [-0.05, 0) is 75.0 Å². The van der Waals surface area contributed by atoms with E-state index in [9.17, 15) is 4.79 Å². The lowest BCUT2D eigenvalue weighted by Crippen LogP contribution is -2.25. The van der Waals surface area contributed by atoms with E-state index in [4.69, 9.17) is 10.00 Å². The van der Waals surface area contributed by atoms with Crippen LogP contribution in [0.25, 0.3) is 0 Å². The number of carbonyl (C=O) groups excluding carboxylic acids is 1. The van der Waals surface area contributed by atoms with Crippen molar-refractivity contribution in [2.45, 2.75) is 64.7 Å². The summed E-state index contributed by atoms with van der Waals surface area (Å²) in [7, 11) is 0. The van der Waals surface area contributed by atoms with Crippen LogP contribution in [0.2, 0.25) is 0 Å². The van der Waals surface area contributed by atoms with Gasteiger partial charge in [0, 0.05) is 6.08 Å². The molecule has 0 aromatic heterocycles. The van der Waals surface area contributed by atoms with E-state index in [1.54, 1.807) is 6.08 Å². The Kier molecular flexibility index (Phi) is 8.25. The van der Waals surface area contributed by atoms with Gasteiger partial charge in [0.25, 0.3) is 0 Å². The number of hydrogen-bond donors (Lipinski definition) is 0. The molecule has 1 aromatic rings. The molecule has 3 nitrogen and oxygen atoms in total. The molecule has 0 unspecified atom stereocenters. The van der Waals surface area contributed by atoms with Crippen LogP contribution in [-0.4, -0.2) is 5.97 Å². The number of unbranched alkanes of at least 4 members (excludes halogenated alkanes) is 1. The number of esters is 1. The van der Waals surface area contributed by atoms with Crippen molar-refractivity contribution in [3.63, 3.8) is 0 Å². The quantitative estimate of drug-likeness (QED) is 0.352. The lowest BCUT2D eigenvalue weighted by molar-refractivity contribution is -0.140. The van der Waals surface area contributed by atoms with Crippen molar-refractivity contribution in [3.8, 4) is 11.8 Å². The summed E-state index contributed by atoms with van der Waals surface area (Å²) in [5, 5.41) is 8.49. The molecule has 1 aliphatic carbocycles. The fourth-order valence-electron chi connectivity index (χ4n) is 3.46. The minimum Gasteiger partial charge on any atom is -0.426 e. The van der Waals surface area contributed by atoms with Gasteiger partial charge < -0.3 is 4.74 Å². The van der Waals surface area contributed by atoms with Crippen LogP contribution in [-0.2, 0) is 11.2 Å². The summed E-state index contributed by atoms with van der Waals surface area (Å²) < 4.78 is 5.58. The summed E-state index contributed by atoms with van der Waals surface area (Å²) in [5.74, 6) is 1.29. The first-order valence-electron chi connectivity index (χ1n) is 9.58. The summed E-state index contributed by atoms with van der Waals surface area (Å²) in [4.78, 5) is 12.4. The zero-order valence-electron chi connectivity index (χ0n) is 15.2. The van der Waals surface area contributed by atoms with Gasteiger partial charge in [-0.25, -0.2) is 0 Å². The highest BCUT2D eigenvalue weighted by Gasteiger charge is 2.27. The summed E-state index contributed by atoms with van der Waals surface area (Å²) in [5.41, 5.74) is 1.30. The molecule has 1 fully saturated rings. The van der Waals surface area contributed by atoms with Gasteiger partial charge in [0.2, 0.25) is 0 Å². The minimum atomic E-state index is -0.0795. The van der Waals surface area contributed by atoms with E-state index in [-0.39, 0.29) is 11.9 Å². The Morgan fingerprint density at radius 2 is 1.96 bits per heavy atom. The van der Waals surface area contributed by atoms with Gasteiger partial charge in [-0.1, -0.05) is 31.6 Å². The zero-order valence-corrected chi connectivity index (χ0v) is 15.2. The van der Waals surface area contributed by atoms with E-state index in [1.165, 1.54) is 18.4 Å². The average molecular weight is 339 g/mol. The number of ether oxygens (including phenoxy) is 1. The number of allylic oxidation sites excluding steroid dienone is 2. The fourth-order valence-corrected chi connectivity index (χ4v) is 3.46. The van der Waals surface area contributed by atoms with Gasteiger partial charge >= 0.3 is 5.97 Å². The molecule has 0 spiro atoms. The van der Waals surface area contributed by atoms with Crippen molar-refractivity contribution >= 4 is 5.97 Å². The highest BCUT2D eigenvalue weighted by atomic mass is 16.5. The molecule has 3 heteroatoms. The van der Waals surface area contributed by atoms with Gasteiger partial charge in [0.05, 0.1) is 12.0 Å². The third-order valence-corrected chi connectivity index (χ3v) is 5.07. The molecule has 0 amide bonds. The van der Waals surface area contributed by atoms with Crippen LogP contribution in [0.1, 0.15) is 63.9 Å². The molecular formula is C22H29NO2. The Labute approximate surface area is 151 Å². The molecule has 1 aliphatic rings. The van der Waals surface area contributed by atoms with E-state index in [0.717, 1.165) is 44.9 Å². The fraction of sp³-hybridized carbons (Fsp3) is 0.545. The van der Waals surface area contributed by atoms with Crippen LogP contribution < -0.4 is 4.74 Å². The van der Waals surface area contributed by atoms with Crippen LogP contribution in [0.3, 0.4) is 0 Å². The van der Waals surface area contributed by atoms with Gasteiger partial charge in [-0.3, -0.25) is 4.79 Å². The van der Waals surface area contributed by atoms with Gasteiger partial charge in [0.1, 0.15) is 5.75 Å². The average Bonchev–Trinajstić information content (AvgIpc) is 2.65. The Bertz CT molecular complexity index is 589. The van der Waals surface area contributed by atoms with Crippen molar-refractivity contribution < 1.29 is 9.53 Å². The number of nitriles is 1. The summed E-state index contributed by atoms with van der Waals surface area (Å²) in [6.45, 7) is 2.19. The molecule has 0 radical (unpaired) electrons. The van der Waals surface area contributed by atoms with E-state index < -0.39 is 0 Å². The predicted molar refractivity (Wildman–Crippen MR) is 100 cm³/mol.